The molecule has 0 saturated heterocycles. The topological polar surface area (TPSA) is 89.6 Å². The number of amides is 1. The van der Waals surface area contributed by atoms with Crippen molar-refractivity contribution in [1.29, 1.82) is 0 Å². The molecule has 0 aliphatic rings. The molecule has 3 N–H and O–H groups in total. The highest BCUT2D eigenvalue weighted by Crippen LogP contribution is 2.04. The second-order valence-electron chi connectivity index (χ2n) is 1.91. The van der Waals surface area contributed by atoms with Gasteiger partial charge in [0.15, 0.2) is 0 Å². The summed E-state index contributed by atoms with van der Waals surface area (Å²) in [4.78, 5) is 20.3. The predicted octanol–water partition coefficient (Wildman–Crippen LogP) is 0.460. The average Bonchev–Trinajstić information content (AvgIpc) is 1.84. The molecule has 0 saturated carbocycles. The number of carboxylic acid groups (broad SMARTS) is 1. The number of hydrogen-bond acceptors (Lipinski definition) is 3. The van der Waals surface area contributed by atoms with Crippen LogP contribution < -0.4 is 5.73 Å². The van der Waals surface area contributed by atoms with E-state index in [1.807, 2.05) is 0 Å². The van der Waals surface area contributed by atoms with E-state index in [0.29, 0.717) is 0 Å². The van der Waals surface area contributed by atoms with Gasteiger partial charge in [-0.05, 0) is 13.8 Å². The molecule has 0 aliphatic carbocycles. The Morgan fingerprint density at radius 2 is 1.82 bits per heavy atom. The van der Waals surface area contributed by atoms with E-state index in [4.69, 9.17) is 5.11 Å². The van der Waals surface area contributed by atoms with E-state index in [-0.39, 0.29) is 11.3 Å². The minimum Gasteiger partial charge on any atom is -0.478 e. The van der Waals surface area contributed by atoms with Crippen molar-refractivity contribution in [2.24, 2.45) is 5.73 Å². The lowest BCUT2D eigenvalue weighted by Gasteiger charge is -2.01. The quantitative estimate of drug-likeness (QED) is 0.452. The number of aliphatic carboxylic acids is 1. The molecule has 5 nitrogen and oxygen atoms in total. The zero-order chi connectivity index (χ0) is 9.02. The Hall–Kier alpha value is -1.52. The largest absolute Gasteiger partial charge is 0.478 e. The van der Waals surface area contributed by atoms with E-state index in [0.717, 1.165) is 0 Å². The Labute approximate surface area is 63.4 Å². The summed E-state index contributed by atoms with van der Waals surface area (Å²) in [5, 5.41) is 8.38. The van der Waals surface area contributed by atoms with Crippen LogP contribution >= 0.6 is 0 Å². The third kappa shape index (κ3) is 3.24. The van der Waals surface area contributed by atoms with Crippen molar-refractivity contribution >= 4 is 12.1 Å². The number of rotatable bonds is 2. The summed E-state index contributed by atoms with van der Waals surface area (Å²) in [6, 6.07) is 0. The van der Waals surface area contributed by atoms with Gasteiger partial charge in [0.25, 0.3) is 0 Å². The van der Waals surface area contributed by atoms with Crippen LogP contribution in [-0.2, 0) is 9.53 Å². The van der Waals surface area contributed by atoms with Crippen LogP contribution in [0.2, 0.25) is 0 Å². The van der Waals surface area contributed by atoms with Crippen LogP contribution in [-0.4, -0.2) is 17.2 Å². The molecule has 5 heteroatoms. The van der Waals surface area contributed by atoms with Crippen molar-refractivity contribution in [2.75, 3.05) is 0 Å². The molecule has 0 radical (unpaired) electrons. The number of carbonyl (C=O) groups is 2. The zero-order valence-corrected chi connectivity index (χ0v) is 6.25. The number of carboxylic acids is 1. The lowest BCUT2D eigenvalue weighted by Crippen LogP contribution is -2.13. The number of hydrogen-bond donors (Lipinski definition) is 2. The van der Waals surface area contributed by atoms with Crippen LogP contribution in [0.4, 0.5) is 4.79 Å². The Morgan fingerprint density at radius 3 is 2.09 bits per heavy atom. The first kappa shape index (κ1) is 9.48. The van der Waals surface area contributed by atoms with Gasteiger partial charge >= 0.3 is 12.1 Å². The van der Waals surface area contributed by atoms with Gasteiger partial charge in [-0.15, -0.1) is 0 Å². The van der Waals surface area contributed by atoms with Gasteiger partial charge in [-0.1, -0.05) is 0 Å². The van der Waals surface area contributed by atoms with Gasteiger partial charge < -0.3 is 15.6 Å². The molecule has 0 aromatic heterocycles. The summed E-state index contributed by atoms with van der Waals surface area (Å²) < 4.78 is 4.31. The fourth-order valence-electron chi connectivity index (χ4n) is 0.378. The molecule has 0 unspecified atom stereocenters. The highest BCUT2D eigenvalue weighted by Gasteiger charge is 2.07. The molecule has 62 valence electrons. The van der Waals surface area contributed by atoms with Crippen LogP contribution in [0.25, 0.3) is 0 Å². The molecule has 0 atom stereocenters. The number of nitrogens with two attached hydrogens (primary N) is 1. The second-order valence-corrected chi connectivity index (χ2v) is 1.91. The standard InChI is InChI=1S/C6H9NO4/c1-3(5(8)9)4(2)11-6(7)10/h1-2H3,(H2,7,10)(H,8,9)/b4-3+. The molecule has 0 aromatic rings. The Morgan fingerprint density at radius 1 is 1.36 bits per heavy atom. The lowest BCUT2D eigenvalue weighted by molar-refractivity contribution is -0.132. The van der Waals surface area contributed by atoms with Crippen molar-refractivity contribution in [3.05, 3.63) is 11.3 Å². The molecule has 0 rings (SSSR count). The minimum atomic E-state index is -1.14. The number of primary amides is 1. The van der Waals surface area contributed by atoms with E-state index >= 15 is 0 Å². The van der Waals surface area contributed by atoms with Crippen LogP contribution in [0, 0.1) is 0 Å². The van der Waals surface area contributed by atoms with E-state index < -0.39 is 12.1 Å². The van der Waals surface area contributed by atoms with E-state index in [1.165, 1.54) is 13.8 Å². The van der Waals surface area contributed by atoms with Crippen LogP contribution in [0.5, 0.6) is 0 Å². The highest BCUT2D eigenvalue weighted by molar-refractivity contribution is 5.86. The van der Waals surface area contributed by atoms with Crippen molar-refractivity contribution in [3.63, 3.8) is 0 Å². The maximum atomic E-state index is 10.2. The Balaban J connectivity index is 4.40. The minimum absolute atomic E-state index is 0.00463. The summed E-state index contributed by atoms with van der Waals surface area (Å²) in [6.45, 7) is 2.68. The summed E-state index contributed by atoms with van der Waals surface area (Å²) in [5.74, 6) is -1.13. The number of allylic oxidation sites excluding steroid dienone is 1. The number of carbonyl (C=O) groups excluding carboxylic acids is 1. The molecule has 0 aliphatic heterocycles. The Kier molecular flexibility index (Phi) is 3.10. The van der Waals surface area contributed by atoms with Crippen LogP contribution in [0.15, 0.2) is 11.3 Å². The fourth-order valence-corrected chi connectivity index (χ4v) is 0.378. The molecule has 0 spiro atoms. The maximum Gasteiger partial charge on any atom is 0.409 e. The van der Waals surface area contributed by atoms with Gasteiger partial charge in [-0.25, -0.2) is 9.59 Å². The maximum absolute atomic E-state index is 10.2. The van der Waals surface area contributed by atoms with E-state index in [9.17, 15) is 9.59 Å². The molecule has 11 heavy (non-hydrogen) atoms. The smallest absolute Gasteiger partial charge is 0.409 e. The first-order valence-corrected chi connectivity index (χ1v) is 2.83. The zero-order valence-electron chi connectivity index (χ0n) is 6.25. The summed E-state index contributed by atoms with van der Waals surface area (Å²) in [6.07, 6.45) is -1.01. The van der Waals surface area contributed by atoms with Crippen molar-refractivity contribution < 1.29 is 19.4 Å². The molecule has 0 bridgehead atoms. The number of ether oxygens (including phenoxy) is 1. The lowest BCUT2D eigenvalue weighted by atomic mass is 10.3. The normalized spacial score (nSPS) is 11.8. The predicted molar refractivity (Wildman–Crippen MR) is 36.7 cm³/mol. The first-order valence-electron chi connectivity index (χ1n) is 2.83. The summed E-state index contributed by atoms with van der Waals surface area (Å²) >= 11 is 0. The molecule has 1 amide bonds. The third-order valence-corrected chi connectivity index (χ3v) is 1.10. The first-order chi connectivity index (χ1) is 4.95. The van der Waals surface area contributed by atoms with Gasteiger partial charge in [-0.2, -0.15) is 0 Å². The molecule has 0 heterocycles. The van der Waals surface area contributed by atoms with Crippen molar-refractivity contribution in [3.8, 4) is 0 Å². The van der Waals surface area contributed by atoms with Gasteiger partial charge in [0.2, 0.25) is 0 Å². The fraction of sp³-hybridized carbons (Fsp3) is 0.333. The van der Waals surface area contributed by atoms with Gasteiger partial charge in [-0.3, -0.25) is 0 Å². The van der Waals surface area contributed by atoms with Crippen LogP contribution in [0.3, 0.4) is 0 Å². The van der Waals surface area contributed by atoms with Gasteiger partial charge in [0.05, 0.1) is 5.57 Å². The Bertz CT molecular complexity index is 219. The van der Waals surface area contributed by atoms with Crippen molar-refractivity contribution in [1.82, 2.24) is 0 Å². The van der Waals surface area contributed by atoms with Crippen LogP contribution in [0.1, 0.15) is 13.8 Å². The molecular formula is C6H9NO4. The molecule has 0 aromatic carbocycles. The monoisotopic (exact) mass is 159 g/mol. The second kappa shape index (κ2) is 3.60. The third-order valence-electron chi connectivity index (χ3n) is 1.10. The van der Waals surface area contributed by atoms with Gasteiger partial charge in [0, 0.05) is 0 Å². The highest BCUT2D eigenvalue weighted by atomic mass is 16.5. The van der Waals surface area contributed by atoms with E-state index in [2.05, 4.69) is 10.5 Å². The van der Waals surface area contributed by atoms with E-state index in [1.54, 1.807) is 0 Å². The van der Waals surface area contributed by atoms with Crippen molar-refractivity contribution in [2.45, 2.75) is 13.8 Å². The summed E-state index contributed by atoms with van der Waals surface area (Å²) in [7, 11) is 0. The molecule has 0 fully saturated rings. The molecular weight excluding hydrogens is 150 g/mol. The average molecular weight is 159 g/mol. The van der Waals surface area contributed by atoms with Gasteiger partial charge in [0.1, 0.15) is 5.76 Å². The SMILES string of the molecule is C/C(OC(N)=O)=C(/C)C(=O)O. The summed E-state index contributed by atoms with van der Waals surface area (Å²) in [5.41, 5.74) is 4.60.